The first-order valence-corrected chi connectivity index (χ1v) is 14.0. The smallest absolute Gasteiger partial charge is 0.264 e. The van der Waals surface area contributed by atoms with E-state index < -0.39 is 10.0 Å². The number of nitrogens with zero attached hydrogens (tertiary/aromatic N) is 5. The largest absolute Gasteiger partial charge is 0.338 e. The van der Waals surface area contributed by atoms with Crippen molar-refractivity contribution in [3.8, 4) is 0 Å². The number of rotatable bonds is 6. The topological polar surface area (TPSA) is 98.7 Å². The second-order valence-corrected chi connectivity index (χ2v) is 11.4. The molecule has 2 fully saturated rings. The predicted molar refractivity (Wildman–Crippen MR) is 141 cm³/mol. The number of carbonyl (C=O) groups is 1. The zero-order chi connectivity index (χ0) is 25.3. The van der Waals surface area contributed by atoms with Crippen LogP contribution in [0.1, 0.15) is 12.8 Å². The Labute approximate surface area is 220 Å². The molecule has 0 aliphatic carbocycles. The van der Waals surface area contributed by atoms with E-state index in [1.807, 2.05) is 21.9 Å². The van der Waals surface area contributed by atoms with Gasteiger partial charge in [-0.15, -0.1) is 0 Å². The number of nitrogens with one attached hydrogen (secondary N) is 1. The fourth-order valence-electron chi connectivity index (χ4n) is 4.55. The summed E-state index contributed by atoms with van der Waals surface area (Å²) in [5.74, 6) is 0.707. The molecule has 9 nitrogen and oxygen atoms in total. The summed E-state index contributed by atoms with van der Waals surface area (Å²) >= 11 is 12.1. The first-order chi connectivity index (χ1) is 17.3. The van der Waals surface area contributed by atoms with Crippen molar-refractivity contribution in [1.29, 1.82) is 0 Å². The van der Waals surface area contributed by atoms with Crippen LogP contribution in [0.3, 0.4) is 0 Å². The number of carbonyl (C=O) groups excluding carboxylic acids is 1. The van der Waals surface area contributed by atoms with Gasteiger partial charge in [-0.05, 0) is 56.3 Å². The number of likely N-dealkylation sites (tertiary alicyclic amines) is 1. The summed E-state index contributed by atoms with van der Waals surface area (Å²) < 4.78 is 28.9. The monoisotopic (exact) mass is 548 g/mol. The maximum Gasteiger partial charge on any atom is 0.264 e. The highest BCUT2D eigenvalue weighted by molar-refractivity contribution is 7.92. The second-order valence-electron chi connectivity index (χ2n) is 8.92. The van der Waals surface area contributed by atoms with E-state index in [0.29, 0.717) is 54.6 Å². The first kappa shape index (κ1) is 25.0. The molecule has 36 heavy (non-hydrogen) atoms. The molecular weight excluding hydrogens is 523 g/mol. The third-order valence-electron chi connectivity index (χ3n) is 6.48. The lowest BCUT2D eigenvalue weighted by molar-refractivity contribution is -0.132. The molecule has 2 aliphatic heterocycles. The Bertz CT molecular complexity index is 1390. The number of anilines is 2. The summed E-state index contributed by atoms with van der Waals surface area (Å²) in [4.78, 5) is 27.9. The normalized spacial score (nSPS) is 17.1. The van der Waals surface area contributed by atoms with Crippen LogP contribution >= 0.6 is 23.2 Å². The number of benzene rings is 2. The SMILES string of the molecule is O=C(CN1CCCC1)N1CCN(c2nc(NS(=O)(=O)c3ccc(Cl)cc3Cl)c3ccccc3n2)CC1. The minimum Gasteiger partial charge on any atom is -0.338 e. The molecule has 2 aliphatic rings. The molecule has 0 unspecified atom stereocenters. The molecule has 0 bridgehead atoms. The second kappa shape index (κ2) is 10.4. The van der Waals surface area contributed by atoms with Gasteiger partial charge < -0.3 is 9.80 Å². The number of hydrogen-bond acceptors (Lipinski definition) is 7. The van der Waals surface area contributed by atoms with Crippen molar-refractivity contribution in [3.05, 3.63) is 52.5 Å². The molecule has 3 heterocycles. The van der Waals surface area contributed by atoms with Gasteiger partial charge in [-0.1, -0.05) is 35.3 Å². The third-order valence-corrected chi connectivity index (χ3v) is 8.54. The predicted octanol–water partition coefficient (Wildman–Crippen LogP) is 3.48. The Hall–Kier alpha value is -2.66. The van der Waals surface area contributed by atoms with E-state index >= 15 is 0 Å². The van der Waals surface area contributed by atoms with Gasteiger partial charge in [0.15, 0.2) is 5.82 Å². The standard InChI is InChI=1S/C24H26Cl2N6O3S/c25-17-7-8-21(19(26)15-17)36(34,35)29-23-18-5-1-2-6-20(18)27-24(28-23)32-13-11-31(12-14-32)22(33)16-30-9-3-4-10-30/h1-2,5-8,15H,3-4,9-14,16H2,(H,27,28,29). The molecule has 0 saturated carbocycles. The molecule has 1 amide bonds. The highest BCUT2D eigenvalue weighted by Gasteiger charge is 2.26. The summed E-state index contributed by atoms with van der Waals surface area (Å²) in [6.45, 7) is 4.66. The van der Waals surface area contributed by atoms with Crippen LogP contribution in [0.5, 0.6) is 0 Å². The van der Waals surface area contributed by atoms with Gasteiger partial charge in [0, 0.05) is 36.6 Å². The van der Waals surface area contributed by atoms with Gasteiger partial charge in [-0.3, -0.25) is 14.4 Å². The molecule has 190 valence electrons. The molecule has 0 atom stereocenters. The summed E-state index contributed by atoms with van der Waals surface area (Å²) in [6, 6.07) is 11.4. The number of hydrogen-bond donors (Lipinski definition) is 1. The average molecular weight is 549 g/mol. The van der Waals surface area contributed by atoms with Gasteiger partial charge in [0.25, 0.3) is 10.0 Å². The summed E-state index contributed by atoms with van der Waals surface area (Å²) in [5, 5.41) is 0.921. The van der Waals surface area contributed by atoms with Crippen LogP contribution in [-0.2, 0) is 14.8 Å². The van der Waals surface area contributed by atoms with Crippen molar-refractivity contribution in [2.24, 2.45) is 0 Å². The molecule has 0 radical (unpaired) electrons. The lowest BCUT2D eigenvalue weighted by atomic mass is 10.2. The quantitative estimate of drug-likeness (QED) is 0.503. The number of para-hydroxylation sites is 1. The van der Waals surface area contributed by atoms with Gasteiger partial charge >= 0.3 is 0 Å². The summed E-state index contributed by atoms with van der Waals surface area (Å²) in [5.41, 5.74) is 0.606. The zero-order valence-electron chi connectivity index (χ0n) is 19.5. The van der Waals surface area contributed by atoms with Gasteiger partial charge in [0.2, 0.25) is 11.9 Å². The number of aromatic nitrogens is 2. The average Bonchev–Trinajstić information content (AvgIpc) is 3.36. The molecule has 12 heteroatoms. The first-order valence-electron chi connectivity index (χ1n) is 11.8. The minimum atomic E-state index is -4.04. The van der Waals surface area contributed by atoms with Gasteiger partial charge in [-0.25, -0.2) is 13.4 Å². The Morgan fingerprint density at radius 2 is 1.67 bits per heavy atom. The Balaban J connectivity index is 1.37. The van der Waals surface area contributed by atoms with Gasteiger partial charge in [0.05, 0.1) is 17.1 Å². The maximum atomic E-state index is 13.2. The minimum absolute atomic E-state index is 0.0169. The van der Waals surface area contributed by atoms with Crippen molar-refractivity contribution in [3.63, 3.8) is 0 Å². The van der Waals surface area contributed by atoms with Crippen molar-refractivity contribution >= 4 is 61.8 Å². The Morgan fingerprint density at radius 3 is 2.39 bits per heavy atom. The molecule has 0 spiro atoms. The van der Waals surface area contributed by atoms with Crippen LogP contribution in [0.2, 0.25) is 10.0 Å². The Morgan fingerprint density at radius 1 is 0.944 bits per heavy atom. The van der Waals surface area contributed by atoms with E-state index in [2.05, 4.69) is 19.6 Å². The molecule has 1 aromatic heterocycles. The van der Waals surface area contributed by atoms with E-state index in [4.69, 9.17) is 23.2 Å². The van der Waals surface area contributed by atoms with Crippen LogP contribution in [0.15, 0.2) is 47.4 Å². The number of piperazine rings is 1. The van der Waals surface area contributed by atoms with Crippen molar-refractivity contribution in [2.45, 2.75) is 17.7 Å². The van der Waals surface area contributed by atoms with Crippen LogP contribution in [0, 0.1) is 0 Å². The van der Waals surface area contributed by atoms with Crippen molar-refractivity contribution < 1.29 is 13.2 Å². The van der Waals surface area contributed by atoms with Crippen LogP contribution in [0.4, 0.5) is 11.8 Å². The third kappa shape index (κ3) is 5.36. The molecule has 1 N–H and O–H groups in total. The highest BCUT2D eigenvalue weighted by atomic mass is 35.5. The van der Waals surface area contributed by atoms with Gasteiger partial charge in [-0.2, -0.15) is 4.98 Å². The summed E-state index contributed by atoms with van der Waals surface area (Å²) in [7, 11) is -4.04. The van der Waals surface area contributed by atoms with Crippen molar-refractivity contribution in [2.75, 3.05) is 55.4 Å². The van der Waals surface area contributed by atoms with Crippen LogP contribution < -0.4 is 9.62 Å². The molecule has 2 aromatic carbocycles. The number of halogens is 2. The molecular formula is C24H26Cl2N6O3S. The fourth-order valence-corrected chi connectivity index (χ4v) is 6.34. The molecule has 3 aromatic rings. The van der Waals surface area contributed by atoms with E-state index in [1.165, 1.54) is 18.2 Å². The highest BCUT2D eigenvalue weighted by Crippen LogP contribution is 2.30. The number of amides is 1. The maximum absolute atomic E-state index is 13.2. The number of sulfonamides is 1. The fraction of sp³-hybridized carbons (Fsp3) is 0.375. The lowest BCUT2D eigenvalue weighted by Crippen LogP contribution is -2.51. The van der Waals surface area contributed by atoms with Crippen molar-refractivity contribution in [1.82, 2.24) is 19.8 Å². The van der Waals surface area contributed by atoms with E-state index in [9.17, 15) is 13.2 Å². The van der Waals surface area contributed by atoms with Crippen LogP contribution in [-0.4, -0.2) is 79.9 Å². The van der Waals surface area contributed by atoms with Crippen LogP contribution in [0.25, 0.3) is 10.9 Å². The van der Waals surface area contributed by atoms with Gasteiger partial charge in [0.1, 0.15) is 4.90 Å². The van der Waals surface area contributed by atoms with E-state index in [0.717, 1.165) is 25.9 Å². The zero-order valence-corrected chi connectivity index (χ0v) is 21.9. The number of fused-ring (bicyclic) bond motifs is 1. The lowest BCUT2D eigenvalue weighted by Gasteiger charge is -2.35. The van der Waals surface area contributed by atoms with E-state index in [-0.39, 0.29) is 21.6 Å². The molecule has 5 rings (SSSR count). The molecule has 2 saturated heterocycles. The van der Waals surface area contributed by atoms with E-state index in [1.54, 1.807) is 12.1 Å². The Kier molecular flexibility index (Phi) is 7.21. The summed E-state index contributed by atoms with van der Waals surface area (Å²) in [6.07, 6.45) is 2.30.